The van der Waals surface area contributed by atoms with E-state index in [0.29, 0.717) is 0 Å². The third kappa shape index (κ3) is 4.47. The Labute approximate surface area is 342 Å². The Morgan fingerprint density at radius 1 is 0.300 bits per heavy atom. The van der Waals surface area contributed by atoms with Crippen LogP contribution in [-0.4, -0.2) is 8.80 Å². The lowest BCUT2D eigenvalue weighted by Crippen LogP contribution is -2.10. The second kappa shape index (κ2) is 12.3. The fraction of sp³-hybridized carbons (Fsp3) is 0. The fourth-order valence-electron chi connectivity index (χ4n) is 10.1. The molecule has 0 aliphatic rings. The summed E-state index contributed by atoms with van der Waals surface area (Å²) in [6, 6.07) is 65.2. The number of para-hydroxylation sites is 4. The van der Waals surface area contributed by atoms with Gasteiger partial charge in [0.05, 0.1) is 44.5 Å². The molecule has 0 saturated carbocycles. The highest BCUT2D eigenvalue weighted by molar-refractivity contribution is 6.31. The number of nitrogens with zero attached hydrogens (tertiary/aromatic N) is 4. The minimum Gasteiger partial charge on any atom is -0.310 e. The molecule has 282 valence electrons. The molecule has 0 bridgehead atoms. The van der Waals surface area contributed by atoms with Gasteiger partial charge < -0.3 is 18.6 Å². The van der Waals surface area contributed by atoms with Crippen LogP contribution in [0.4, 0.5) is 42.9 Å². The monoisotopic (exact) mass is 774 g/mol. The van der Waals surface area contributed by atoms with Gasteiger partial charge in [-0.15, -0.1) is 0 Å². The number of fused-ring (bicyclic) bond motifs is 12. The van der Waals surface area contributed by atoms with Gasteiger partial charge in [-0.1, -0.05) is 84.9 Å². The molecule has 0 N–H and O–H groups in total. The van der Waals surface area contributed by atoms with Crippen LogP contribution in [0.15, 0.2) is 194 Å². The molecule has 0 aliphatic carbocycles. The van der Waals surface area contributed by atoms with Crippen molar-refractivity contribution in [1.29, 1.82) is 0 Å². The zero-order chi connectivity index (χ0) is 39.6. The summed E-state index contributed by atoms with van der Waals surface area (Å²) >= 11 is 0. The lowest BCUT2D eigenvalue weighted by molar-refractivity contribution is 0.627. The number of hydrogen-bond donors (Lipinski definition) is 0. The maximum absolute atomic E-state index is 14.3. The molecule has 4 heterocycles. The van der Waals surface area contributed by atoms with E-state index in [4.69, 9.17) is 0 Å². The number of aromatic nitrogens is 2. The standard InChI is InChI=1S/C54H32F2N4/c55-33-23-27-37(28-24-33)57(35-11-3-1-4-12-35)45-19-9-21-47-51(45)41-17-7-15-39-43-32-50-44(31-49(43)59(47)53(39)41)40-16-8-18-42-52-46(20-10-22-48(52)60(50)54(40)42)58(36-13-5-2-6-14-36)38-29-25-34(56)26-30-38/h1-32H. The quantitative estimate of drug-likeness (QED) is 0.167. The average Bonchev–Trinajstić information content (AvgIpc) is 4.02. The molecule has 60 heavy (non-hydrogen) atoms. The molecule has 4 aromatic heterocycles. The summed E-state index contributed by atoms with van der Waals surface area (Å²) in [5.74, 6) is -0.528. The first-order valence-corrected chi connectivity index (χ1v) is 20.2. The smallest absolute Gasteiger partial charge is 0.123 e. The lowest BCUT2D eigenvalue weighted by Gasteiger charge is -2.26. The average molecular weight is 775 g/mol. The Bertz CT molecular complexity index is 3530. The van der Waals surface area contributed by atoms with Crippen molar-refractivity contribution in [2.45, 2.75) is 0 Å². The molecule has 0 atom stereocenters. The largest absolute Gasteiger partial charge is 0.310 e. The summed E-state index contributed by atoms with van der Waals surface area (Å²) in [6.45, 7) is 0. The molecule has 6 heteroatoms. The second-order valence-corrected chi connectivity index (χ2v) is 15.6. The summed E-state index contributed by atoms with van der Waals surface area (Å²) in [5, 5.41) is 9.38. The highest BCUT2D eigenvalue weighted by atomic mass is 19.1. The predicted molar refractivity (Wildman–Crippen MR) is 245 cm³/mol. The van der Waals surface area contributed by atoms with Crippen LogP contribution in [0.1, 0.15) is 0 Å². The van der Waals surface area contributed by atoms with Gasteiger partial charge in [0, 0.05) is 65.8 Å². The first-order chi connectivity index (χ1) is 29.6. The fourth-order valence-corrected chi connectivity index (χ4v) is 10.1. The van der Waals surface area contributed by atoms with Crippen molar-refractivity contribution in [3.63, 3.8) is 0 Å². The van der Waals surface area contributed by atoms with E-state index in [2.05, 4.69) is 128 Å². The molecular formula is C54H32F2N4. The van der Waals surface area contributed by atoms with Crippen molar-refractivity contribution in [3.05, 3.63) is 206 Å². The SMILES string of the molecule is Fc1ccc(N(c2ccccc2)c2cccc3c2c2cccc4c5cc6c(cc5n3c42)c2cccc3c4c(N(c5ccccc5)c5ccc(F)cc5)cccc4n6c23)cc1. The van der Waals surface area contributed by atoms with E-state index in [-0.39, 0.29) is 11.6 Å². The second-order valence-electron chi connectivity index (χ2n) is 15.6. The van der Waals surface area contributed by atoms with Gasteiger partial charge in [-0.25, -0.2) is 8.78 Å². The molecule has 0 spiro atoms. The number of benzene rings is 9. The Kier molecular flexibility index (Phi) is 6.76. The summed E-state index contributed by atoms with van der Waals surface area (Å²) in [6.07, 6.45) is 0. The van der Waals surface area contributed by atoms with Crippen LogP contribution in [-0.2, 0) is 0 Å². The summed E-state index contributed by atoms with van der Waals surface area (Å²) in [5.41, 5.74) is 12.7. The first kappa shape index (κ1) is 33.1. The minimum absolute atomic E-state index is 0.264. The van der Waals surface area contributed by atoms with E-state index in [1.165, 1.54) is 56.8 Å². The molecule has 0 fully saturated rings. The Morgan fingerprint density at radius 3 is 1.08 bits per heavy atom. The molecule has 13 rings (SSSR count). The van der Waals surface area contributed by atoms with Crippen LogP contribution in [0.2, 0.25) is 0 Å². The molecule has 9 aromatic carbocycles. The van der Waals surface area contributed by atoms with Crippen LogP contribution in [0, 0.1) is 11.6 Å². The van der Waals surface area contributed by atoms with Crippen LogP contribution < -0.4 is 9.80 Å². The molecule has 0 radical (unpaired) electrons. The van der Waals surface area contributed by atoms with Gasteiger partial charge in [-0.3, -0.25) is 0 Å². The van der Waals surface area contributed by atoms with E-state index in [1.54, 1.807) is 0 Å². The highest BCUT2D eigenvalue weighted by Gasteiger charge is 2.26. The van der Waals surface area contributed by atoms with Crippen LogP contribution in [0.3, 0.4) is 0 Å². The normalized spacial score (nSPS) is 12.2. The van der Waals surface area contributed by atoms with Gasteiger partial charge in [-0.2, -0.15) is 0 Å². The number of anilines is 6. The van der Waals surface area contributed by atoms with E-state index in [0.717, 1.165) is 77.7 Å². The minimum atomic E-state index is -0.264. The predicted octanol–water partition coefficient (Wildman–Crippen LogP) is 15.2. The third-order valence-corrected chi connectivity index (χ3v) is 12.4. The van der Waals surface area contributed by atoms with Crippen molar-refractivity contribution in [2.24, 2.45) is 0 Å². The van der Waals surface area contributed by atoms with Crippen molar-refractivity contribution < 1.29 is 8.78 Å². The van der Waals surface area contributed by atoms with Crippen molar-refractivity contribution in [3.8, 4) is 0 Å². The molecular weight excluding hydrogens is 743 g/mol. The maximum Gasteiger partial charge on any atom is 0.123 e. The molecule has 0 saturated heterocycles. The Morgan fingerprint density at radius 2 is 0.667 bits per heavy atom. The van der Waals surface area contributed by atoms with Crippen LogP contribution in [0.5, 0.6) is 0 Å². The van der Waals surface area contributed by atoms with E-state index in [1.807, 2.05) is 60.7 Å². The Balaban J connectivity index is 1.09. The van der Waals surface area contributed by atoms with Gasteiger partial charge in [0.15, 0.2) is 0 Å². The zero-order valence-electron chi connectivity index (χ0n) is 32.0. The van der Waals surface area contributed by atoms with E-state index < -0.39 is 0 Å². The lowest BCUT2D eigenvalue weighted by atomic mass is 10.0. The zero-order valence-corrected chi connectivity index (χ0v) is 32.0. The Hall–Kier alpha value is -7.96. The molecule has 0 aliphatic heterocycles. The van der Waals surface area contributed by atoms with Gasteiger partial charge >= 0.3 is 0 Å². The van der Waals surface area contributed by atoms with Gasteiger partial charge in [0.2, 0.25) is 0 Å². The molecule has 0 unspecified atom stereocenters. The topological polar surface area (TPSA) is 15.3 Å². The van der Waals surface area contributed by atoms with Gasteiger partial charge in [0.25, 0.3) is 0 Å². The first-order valence-electron chi connectivity index (χ1n) is 20.2. The summed E-state index contributed by atoms with van der Waals surface area (Å²) in [4.78, 5) is 4.46. The van der Waals surface area contributed by atoms with Crippen molar-refractivity contribution in [1.82, 2.24) is 8.80 Å². The number of hydrogen-bond acceptors (Lipinski definition) is 2. The molecule has 4 nitrogen and oxygen atoms in total. The maximum atomic E-state index is 14.3. The number of halogens is 2. The van der Waals surface area contributed by atoms with Crippen molar-refractivity contribution >= 4 is 110 Å². The van der Waals surface area contributed by atoms with E-state index >= 15 is 0 Å². The third-order valence-electron chi connectivity index (χ3n) is 12.4. The highest BCUT2D eigenvalue weighted by Crippen LogP contribution is 2.50. The van der Waals surface area contributed by atoms with Gasteiger partial charge in [0.1, 0.15) is 11.6 Å². The molecule has 13 aromatic rings. The summed E-state index contributed by atoms with van der Waals surface area (Å²) in [7, 11) is 0. The van der Waals surface area contributed by atoms with Crippen LogP contribution >= 0.6 is 0 Å². The summed E-state index contributed by atoms with van der Waals surface area (Å²) < 4.78 is 33.4. The number of rotatable bonds is 6. The van der Waals surface area contributed by atoms with E-state index in [9.17, 15) is 8.78 Å². The van der Waals surface area contributed by atoms with Crippen molar-refractivity contribution in [2.75, 3.05) is 9.80 Å². The molecule has 0 amide bonds. The van der Waals surface area contributed by atoms with Crippen LogP contribution in [0.25, 0.3) is 76.2 Å². The van der Waals surface area contributed by atoms with Gasteiger partial charge in [-0.05, 0) is 109 Å².